The number of aromatic nitrogens is 6. The molecule has 0 radical (unpaired) electrons. The highest BCUT2D eigenvalue weighted by Gasteiger charge is 2.08. The van der Waals surface area contributed by atoms with Crippen molar-refractivity contribution in [2.24, 2.45) is 21.1 Å². The lowest BCUT2D eigenvalue weighted by molar-refractivity contribution is 0.712. The first-order valence-corrected chi connectivity index (χ1v) is 6.18. The number of nitrogens with zero attached hydrogens (tertiary/aromatic N) is 6. The predicted octanol–water partition coefficient (Wildman–Crippen LogP) is 0.0126. The Morgan fingerprint density at radius 2 is 1.90 bits per heavy atom. The molecule has 0 spiro atoms. The van der Waals surface area contributed by atoms with Crippen LogP contribution in [0.2, 0.25) is 0 Å². The molecule has 2 aromatic heterocycles. The molecule has 8 heteroatoms. The second-order valence-corrected chi connectivity index (χ2v) is 4.70. The lowest BCUT2D eigenvalue weighted by atomic mass is 10.2. The maximum Gasteiger partial charge on any atom is 0.328 e. The van der Waals surface area contributed by atoms with Gasteiger partial charge in [0.15, 0.2) is 0 Å². The van der Waals surface area contributed by atoms with Gasteiger partial charge < -0.3 is 5.32 Å². The van der Waals surface area contributed by atoms with Gasteiger partial charge in [0.1, 0.15) is 0 Å². The second-order valence-electron chi connectivity index (χ2n) is 4.70. The van der Waals surface area contributed by atoms with E-state index in [-0.39, 0.29) is 5.69 Å². The molecule has 104 valence electrons. The summed E-state index contributed by atoms with van der Waals surface area (Å²) in [5.41, 5.74) is 2.86. The summed E-state index contributed by atoms with van der Waals surface area (Å²) in [7, 11) is 5.31. The lowest BCUT2D eigenvalue weighted by Crippen LogP contribution is -2.19. The molecule has 2 heterocycles. The van der Waals surface area contributed by atoms with Crippen LogP contribution >= 0.6 is 0 Å². The second kappa shape index (κ2) is 4.48. The van der Waals surface area contributed by atoms with Crippen molar-refractivity contribution >= 4 is 17.0 Å². The molecule has 3 aromatic rings. The Morgan fingerprint density at radius 1 is 1.15 bits per heavy atom. The van der Waals surface area contributed by atoms with E-state index < -0.39 is 0 Å². The Hall–Kier alpha value is -2.64. The van der Waals surface area contributed by atoms with E-state index in [4.69, 9.17) is 0 Å². The van der Waals surface area contributed by atoms with Crippen molar-refractivity contribution in [3.05, 3.63) is 34.2 Å². The van der Waals surface area contributed by atoms with Gasteiger partial charge in [-0.05, 0) is 28.1 Å². The zero-order valence-electron chi connectivity index (χ0n) is 11.5. The number of nitrogens with one attached hydrogen (secondary N) is 1. The fourth-order valence-electron chi connectivity index (χ4n) is 2.22. The van der Waals surface area contributed by atoms with E-state index in [0.717, 1.165) is 16.6 Å². The van der Waals surface area contributed by atoms with Crippen LogP contribution in [0.25, 0.3) is 11.0 Å². The Kier molecular flexibility index (Phi) is 2.78. The molecular formula is C12H15N7O. The number of fused-ring (bicyclic) bond motifs is 1. The molecule has 0 atom stereocenters. The third-order valence-corrected chi connectivity index (χ3v) is 3.41. The maximum absolute atomic E-state index is 11.9. The summed E-state index contributed by atoms with van der Waals surface area (Å²) < 4.78 is 4.85. The SMILES string of the molecule is Cn1nnnc1NCc1ccc2c(c1)n(C)c(=O)n2C. The van der Waals surface area contributed by atoms with Gasteiger partial charge in [-0.25, -0.2) is 9.48 Å². The van der Waals surface area contributed by atoms with Gasteiger partial charge in [-0.1, -0.05) is 11.2 Å². The minimum absolute atomic E-state index is 0.0254. The molecule has 0 amide bonds. The molecule has 0 aliphatic heterocycles. The smallest absolute Gasteiger partial charge is 0.328 e. The first kappa shape index (κ1) is 12.4. The van der Waals surface area contributed by atoms with Crippen LogP contribution in [0.4, 0.5) is 5.95 Å². The van der Waals surface area contributed by atoms with Gasteiger partial charge in [-0.15, -0.1) is 0 Å². The fourth-order valence-corrected chi connectivity index (χ4v) is 2.22. The van der Waals surface area contributed by atoms with Crippen molar-refractivity contribution in [2.75, 3.05) is 5.32 Å². The van der Waals surface area contributed by atoms with Crippen LogP contribution in [0.3, 0.4) is 0 Å². The monoisotopic (exact) mass is 273 g/mol. The molecule has 0 bridgehead atoms. The maximum atomic E-state index is 11.9. The number of hydrogen-bond acceptors (Lipinski definition) is 5. The Morgan fingerprint density at radius 3 is 2.60 bits per heavy atom. The number of imidazole rings is 1. The summed E-state index contributed by atoms with van der Waals surface area (Å²) in [6.45, 7) is 0.591. The van der Waals surface area contributed by atoms with E-state index >= 15 is 0 Å². The topological polar surface area (TPSA) is 82.6 Å². The molecule has 0 fully saturated rings. The Balaban J connectivity index is 1.92. The quantitative estimate of drug-likeness (QED) is 0.727. The van der Waals surface area contributed by atoms with E-state index in [1.165, 1.54) is 0 Å². The average Bonchev–Trinajstić information content (AvgIpc) is 2.95. The van der Waals surface area contributed by atoms with E-state index in [1.807, 2.05) is 18.2 Å². The van der Waals surface area contributed by atoms with Crippen LogP contribution < -0.4 is 11.0 Å². The minimum Gasteiger partial charge on any atom is -0.349 e. The first-order valence-electron chi connectivity index (χ1n) is 6.18. The zero-order valence-corrected chi connectivity index (χ0v) is 11.5. The number of hydrogen-bond donors (Lipinski definition) is 1. The highest BCUT2D eigenvalue weighted by molar-refractivity contribution is 5.76. The van der Waals surface area contributed by atoms with E-state index in [1.54, 1.807) is 35.0 Å². The van der Waals surface area contributed by atoms with Crippen LogP contribution in [0.15, 0.2) is 23.0 Å². The van der Waals surface area contributed by atoms with Crippen molar-refractivity contribution in [3.8, 4) is 0 Å². The molecule has 0 saturated carbocycles. The summed E-state index contributed by atoms with van der Waals surface area (Å²) in [4.78, 5) is 11.9. The predicted molar refractivity (Wildman–Crippen MR) is 74.3 cm³/mol. The van der Waals surface area contributed by atoms with Crippen LogP contribution in [0.1, 0.15) is 5.56 Å². The summed E-state index contributed by atoms with van der Waals surface area (Å²) in [6.07, 6.45) is 0. The number of tetrazole rings is 1. The Labute approximate surface area is 114 Å². The Bertz CT molecular complexity index is 826. The van der Waals surface area contributed by atoms with Gasteiger partial charge in [0, 0.05) is 27.7 Å². The highest BCUT2D eigenvalue weighted by atomic mass is 16.1. The molecular weight excluding hydrogens is 258 g/mol. The lowest BCUT2D eigenvalue weighted by Gasteiger charge is -2.05. The van der Waals surface area contributed by atoms with Crippen LogP contribution in [-0.2, 0) is 27.7 Å². The summed E-state index contributed by atoms with van der Waals surface area (Å²) >= 11 is 0. The average molecular weight is 273 g/mol. The molecule has 0 unspecified atom stereocenters. The van der Waals surface area contributed by atoms with Crippen molar-refractivity contribution < 1.29 is 0 Å². The number of benzene rings is 1. The summed E-state index contributed by atoms with van der Waals surface area (Å²) in [5, 5.41) is 14.3. The van der Waals surface area contributed by atoms with Crippen molar-refractivity contribution in [2.45, 2.75) is 6.54 Å². The largest absolute Gasteiger partial charge is 0.349 e. The number of anilines is 1. The molecule has 0 aliphatic carbocycles. The molecule has 1 aromatic carbocycles. The van der Waals surface area contributed by atoms with E-state index in [2.05, 4.69) is 20.8 Å². The van der Waals surface area contributed by atoms with Crippen LogP contribution in [-0.4, -0.2) is 29.3 Å². The molecule has 1 N–H and O–H groups in total. The molecule has 8 nitrogen and oxygen atoms in total. The van der Waals surface area contributed by atoms with Crippen molar-refractivity contribution in [1.82, 2.24) is 29.3 Å². The van der Waals surface area contributed by atoms with Crippen LogP contribution in [0.5, 0.6) is 0 Å². The van der Waals surface area contributed by atoms with Gasteiger partial charge in [-0.3, -0.25) is 9.13 Å². The summed E-state index contributed by atoms with van der Waals surface area (Å²) in [6, 6.07) is 5.93. The number of rotatable bonds is 3. The highest BCUT2D eigenvalue weighted by Crippen LogP contribution is 2.14. The zero-order chi connectivity index (χ0) is 14.3. The van der Waals surface area contributed by atoms with Gasteiger partial charge in [0.25, 0.3) is 0 Å². The molecule has 0 aliphatic rings. The van der Waals surface area contributed by atoms with Gasteiger partial charge in [0.05, 0.1) is 11.0 Å². The number of aryl methyl sites for hydroxylation is 3. The third-order valence-electron chi connectivity index (χ3n) is 3.41. The van der Waals surface area contributed by atoms with Crippen LogP contribution in [0, 0.1) is 0 Å². The van der Waals surface area contributed by atoms with Gasteiger partial charge in [-0.2, -0.15) is 0 Å². The van der Waals surface area contributed by atoms with Crippen molar-refractivity contribution in [1.29, 1.82) is 0 Å². The summed E-state index contributed by atoms with van der Waals surface area (Å²) in [5.74, 6) is 0.604. The van der Waals surface area contributed by atoms with E-state index in [0.29, 0.717) is 12.5 Å². The molecule has 3 rings (SSSR count). The fraction of sp³-hybridized carbons (Fsp3) is 0.333. The van der Waals surface area contributed by atoms with Gasteiger partial charge >= 0.3 is 5.69 Å². The molecule has 0 saturated heterocycles. The van der Waals surface area contributed by atoms with Crippen molar-refractivity contribution in [3.63, 3.8) is 0 Å². The minimum atomic E-state index is -0.0254. The van der Waals surface area contributed by atoms with Gasteiger partial charge in [0.2, 0.25) is 5.95 Å². The molecule has 20 heavy (non-hydrogen) atoms. The van der Waals surface area contributed by atoms with E-state index in [9.17, 15) is 4.79 Å². The first-order chi connectivity index (χ1) is 9.58. The standard InChI is InChI=1S/C12H15N7O/c1-17-9-5-4-8(6-10(9)18(2)12(17)20)7-13-11-14-15-16-19(11)3/h4-6H,7H2,1-3H3,(H,13,14,16). The normalized spacial score (nSPS) is 11.2. The third kappa shape index (κ3) is 1.85.